The Labute approximate surface area is 125 Å². The number of rotatable bonds is 4. The minimum atomic E-state index is -0.633. The minimum Gasteiger partial charge on any atom is -0.467 e. The van der Waals surface area contributed by atoms with Crippen molar-refractivity contribution in [1.29, 1.82) is 0 Å². The van der Waals surface area contributed by atoms with Gasteiger partial charge in [-0.25, -0.2) is 4.39 Å². The van der Waals surface area contributed by atoms with Crippen LogP contribution in [0.1, 0.15) is 27.9 Å². The highest BCUT2D eigenvalue weighted by molar-refractivity contribution is 5.99. The van der Waals surface area contributed by atoms with Crippen LogP contribution in [0, 0.1) is 12.7 Å². The monoisotopic (exact) mass is 302 g/mol. The van der Waals surface area contributed by atoms with E-state index < -0.39 is 11.9 Å². The first-order valence-corrected chi connectivity index (χ1v) is 6.82. The summed E-state index contributed by atoms with van der Waals surface area (Å²) in [6, 6.07) is 7.14. The van der Waals surface area contributed by atoms with Crippen molar-refractivity contribution in [2.45, 2.75) is 13.0 Å². The van der Waals surface area contributed by atoms with Crippen molar-refractivity contribution in [2.24, 2.45) is 0 Å². The Balaban J connectivity index is 1.87. The standard InChI is InChI=1S/C16H15FN2O3/c1-9-5-10(17)6-12-11(9)7-13(18-12)16(21)19-14(8-20)15-3-2-4-22-15/h2-7,14,18,20H,8H2,1H3,(H,19,21). The van der Waals surface area contributed by atoms with Gasteiger partial charge in [0.25, 0.3) is 5.91 Å². The van der Waals surface area contributed by atoms with Crippen molar-refractivity contribution < 1.29 is 18.7 Å². The van der Waals surface area contributed by atoms with Gasteiger partial charge in [0.1, 0.15) is 23.3 Å². The third-order valence-electron chi connectivity index (χ3n) is 3.53. The maximum absolute atomic E-state index is 13.4. The molecule has 0 aliphatic rings. The molecule has 114 valence electrons. The number of halogens is 1. The highest BCUT2D eigenvalue weighted by Crippen LogP contribution is 2.22. The molecule has 1 unspecified atom stereocenters. The lowest BCUT2D eigenvalue weighted by atomic mass is 10.1. The maximum atomic E-state index is 13.4. The second-order valence-corrected chi connectivity index (χ2v) is 5.09. The Morgan fingerprint density at radius 3 is 2.95 bits per heavy atom. The number of aryl methyl sites for hydroxylation is 1. The van der Waals surface area contributed by atoms with E-state index in [9.17, 15) is 14.3 Å². The van der Waals surface area contributed by atoms with E-state index in [0.717, 1.165) is 10.9 Å². The fraction of sp³-hybridized carbons (Fsp3) is 0.188. The van der Waals surface area contributed by atoms with Crippen LogP contribution in [0.5, 0.6) is 0 Å². The number of nitrogens with one attached hydrogen (secondary N) is 2. The molecule has 0 saturated carbocycles. The molecule has 0 aliphatic heterocycles. The Morgan fingerprint density at radius 2 is 2.27 bits per heavy atom. The zero-order valence-electron chi connectivity index (χ0n) is 11.9. The lowest BCUT2D eigenvalue weighted by Crippen LogP contribution is -2.30. The Bertz CT molecular complexity index is 808. The summed E-state index contributed by atoms with van der Waals surface area (Å²) >= 11 is 0. The molecule has 1 amide bonds. The molecule has 6 heteroatoms. The van der Waals surface area contributed by atoms with Crippen LogP contribution >= 0.6 is 0 Å². The third kappa shape index (κ3) is 2.60. The Morgan fingerprint density at radius 1 is 1.45 bits per heavy atom. The average molecular weight is 302 g/mol. The molecule has 3 rings (SSSR count). The predicted molar refractivity (Wildman–Crippen MR) is 79.0 cm³/mol. The number of aliphatic hydroxyl groups is 1. The molecule has 5 nitrogen and oxygen atoms in total. The number of carbonyl (C=O) groups excluding carboxylic acids is 1. The van der Waals surface area contributed by atoms with Gasteiger partial charge < -0.3 is 19.8 Å². The first-order valence-electron chi connectivity index (χ1n) is 6.82. The molecule has 22 heavy (non-hydrogen) atoms. The van der Waals surface area contributed by atoms with Crippen LogP contribution in [0.25, 0.3) is 10.9 Å². The van der Waals surface area contributed by atoms with Gasteiger partial charge in [0.15, 0.2) is 0 Å². The molecule has 0 aliphatic carbocycles. The van der Waals surface area contributed by atoms with Crippen molar-refractivity contribution >= 4 is 16.8 Å². The van der Waals surface area contributed by atoms with Crippen LogP contribution < -0.4 is 5.32 Å². The quantitative estimate of drug-likeness (QED) is 0.693. The van der Waals surface area contributed by atoms with E-state index in [1.165, 1.54) is 18.4 Å². The van der Waals surface area contributed by atoms with Gasteiger partial charge in [-0.3, -0.25) is 4.79 Å². The van der Waals surface area contributed by atoms with Gasteiger partial charge in [-0.05, 0) is 42.8 Å². The largest absolute Gasteiger partial charge is 0.467 e. The number of hydrogen-bond acceptors (Lipinski definition) is 3. The zero-order chi connectivity index (χ0) is 15.7. The summed E-state index contributed by atoms with van der Waals surface area (Å²) in [6.45, 7) is 1.49. The second-order valence-electron chi connectivity index (χ2n) is 5.09. The maximum Gasteiger partial charge on any atom is 0.268 e. The van der Waals surface area contributed by atoms with Crippen molar-refractivity contribution in [3.05, 3.63) is 59.4 Å². The number of amides is 1. The molecule has 2 aromatic heterocycles. The second kappa shape index (κ2) is 5.65. The zero-order valence-corrected chi connectivity index (χ0v) is 11.9. The summed E-state index contributed by atoms with van der Waals surface area (Å²) in [4.78, 5) is 15.2. The highest BCUT2D eigenvalue weighted by atomic mass is 19.1. The molecule has 2 heterocycles. The first kappa shape index (κ1) is 14.3. The number of furan rings is 1. The van der Waals surface area contributed by atoms with Gasteiger partial charge in [-0.2, -0.15) is 0 Å². The van der Waals surface area contributed by atoms with Crippen LogP contribution in [0.4, 0.5) is 4.39 Å². The van der Waals surface area contributed by atoms with Crippen molar-refractivity contribution in [1.82, 2.24) is 10.3 Å². The number of benzene rings is 1. The lowest BCUT2D eigenvalue weighted by Gasteiger charge is -2.12. The van der Waals surface area contributed by atoms with Crippen LogP contribution in [0.3, 0.4) is 0 Å². The first-order chi connectivity index (χ1) is 10.6. The number of hydrogen-bond donors (Lipinski definition) is 3. The molecule has 0 fully saturated rings. The predicted octanol–water partition coefficient (Wildman–Crippen LogP) is 2.67. The van der Waals surface area contributed by atoms with E-state index in [1.54, 1.807) is 25.1 Å². The normalized spacial score (nSPS) is 12.5. The van der Waals surface area contributed by atoms with Crippen LogP contribution in [-0.4, -0.2) is 22.6 Å². The Kier molecular flexibility index (Phi) is 3.68. The number of aromatic nitrogens is 1. The van der Waals surface area contributed by atoms with E-state index >= 15 is 0 Å². The van der Waals surface area contributed by atoms with E-state index in [-0.39, 0.29) is 12.4 Å². The van der Waals surface area contributed by atoms with E-state index in [4.69, 9.17) is 4.42 Å². The number of H-pyrrole nitrogens is 1. The third-order valence-corrected chi connectivity index (χ3v) is 3.53. The number of fused-ring (bicyclic) bond motifs is 1. The highest BCUT2D eigenvalue weighted by Gasteiger charge is 2.19. The summed E-state index contributed by atoms with van der Waals surface area (Å²) in [5, 5.41) is 12.8. The lowest BCUT2D eigenvalue weighted by molar-refractivity contribution is 0.0903. The van der Waals surface area contributed by atoms with E-state index in [2.05, 4.69) is 10.3 Å². The van der Waals surface area contributed by atoms with Crippen molar-refractivity contribution in [2.75, 3.05) is 6.61 Å². The van der Waals surface area contributed by atoms with Crippen LogP contribution in [0.15, 0.2) is 41.0 Å². The molecule has 0 spiro atoms. The fourth-order valence-electron chi connectivity index (χ4n) is 2.43. The van der Waals surface area contributed by atoms with Gasteiger partial charge in [0.2, 0.25) is 0 Å². The SMILES string of the molecule is Cc1cc(F)cc2[nH]c(C(=O)NC(CO)c3ccco3)cc12. The molecule has 0 radical (unpaired) electrons. The minimum absolute atomic E-state index is 0.285. The smallest absolute Gasteiger partial charge is 0.268 e. The van der Waals surface area contributed by atoms with Crippen molar-refractivity contribution in [3.63, 3.8) is 0 Å². The molecule has 0 saturated heterocycles. The molecule has 3 aromatic rings. The van der Waals surface area contributed by atoms with Crippen LogP contribution in [-0.2, 0) is 0 Å². The van der Waals surface area contributed by atoms with Gasteiger partial charge >= 0.3 is 0 Å². The number of aromatic amines is 1. The van der Waals surface area contributed by atoms with E-state index in [0.29, 0.717) is 17.0 Å². The molecular formula is C16H15FN2O3. The fourth-order valence-corrected chi connectivity index (χ4v) is 2.43. The van der Waals surface area contributed by atoms with Gasteiger partial charge in [-0.15, -0.1) is 0 Å². The molecular weight excluding hydrogens is 287 g/mol. The number of carbonyl (C=O) groups is 1. The van der Waals surface area contributed by atoms with Gasteiger partial charge in [-0.1, -0.05) is 0 Å². The molecule has 1 aromatic carbocycles. The number of aliphatic hydroxyl groups excluding tert-OH is 1. The molecule has 0 bridgehead atoms. The summed E-state index contributed by atoms with van der Waals surface area (Å²) in [6.07, 6.45) is 1.47. The van der Waals surface area contributed by atoms with Gasteiger partial charge in [0, 0.05) is 10.9 Å². The van der Waals surface area contributed by atoms with Crippen molar-refractivity contribution in [3.8, 4) is 0 Å². The summed E-state index contributed by atoms with van der Waals surface area (Å²) < 4.78 is 18.6. The molecule has 1 atom stereocenters. The summed E-state index contributed by atoms with van der Waals surface area (Å²) in [7, 11) is 0. The van der Waals surface area contributed by atoms with E-state index in [1.807, 2.05) is 0 Å². The van der Waals surface area contributed by atoms with Gasteiger partial charge in [0.05, 0.1) is 12.9 Å². The van der Waals surface area contributed by atoms with Crippen LogP contribution in [0.2, 0.25) is 0 Å². The summed E-state index contributed by atoms with van der Waals surface area (Å²) in [5.74, 6) is -0.289. The topological polar surface area (TPSA) is 78.3 Å². The molecule has 3 N–H and O–H groups in total. The average Bonchev–Trinajstić information content (AvgIpc) is 3.13. The summed E-state index contributed by atoms with van der Waals surface area (Å²) in [5.41, 5.74) is 1.60. The Hall–Kier alpha value is -2.60.